The molecule has 2 atom stereocenters. The number of rotatable bonds is 9. The van der Waals surface area contributed by atoms with E-state index in [2.05, 4.69) is 36.1 Å². The van der Waals surface area contributed by atoms with Crippen LogP contribution in [0, 0.1) is 12.7 Å². The van der Waals surface area contributed by atoms with E-state index in [-0.39, 0.29) is 17.2 Å². The predicted octanol–water partition coefficient (Wildman–Crippen LogP) is 3.45. The Labute approximate surface area is 214 Å². The lowest BCUT2D eigenvalue weighted by Gasteiger charge is -2.27. The molecule has 0 fully saturated rings. The molecule has 0 saturated carbocycles. The van der Waals surface area contributed by atoms with Crippen molar-refractivity contribution in [3.8, 4) is 5.69 Å². The lowest BCUT2D eigenvalue weighted by Crippen LogP contribution is -2.46. The van der Waals surface area contributed by atoms with Crippen LogP contribution in [0.5, 0.6) is 0 Å². The second kappa shape index (κ2) is 11.2. The fourth-order valence-electron chi connectivity index (χ4n) is 3.49. The van der Waals surface area contributed by atoms with Gasteiger partial charge in [0.2, 0.25) is 0 Å². The molecule has 0 aliphatic rings. The van der Waals surface area contributed by atoms with E-state index in [1.807, 2.05) is 6.92 Å². The van der Waals surface area contributed by atoms with Crippen LogP contribution in [-0.4, -0.2) is 54.6 Å². The van der Waals surface area contributed by atoms with E-state index < -0.39 is 35.5 Å². The van der Waals surface area contributed by atoms with E-state index >= 15 is 0 Å². The lowest BCUT2D eigenvalue weighted by molar-refractivity contribution is 0.0503. The Morgan fingerprint density at radius 3 is 2.46 bits per heavy atom. The zero-order valence-corrected chi connectivity index (χ0v) is 21.7. The minimum absolute atomic E-state index is 0.0315. The molecule has 0 spiro atoms. The summed E-state index contributed by atoms with van der Waals surface area (Å²) in [6.45, 7) is 10.7. The van der Waals surface area contributed by atoms with Crippen LogP contribution in [0.1, 0.15) is 57.1 Å². The normalized spacial score (nSPS) is 12.9. The number of nitrogens with zero attached hydrogens (tertiary/aromatic N) is 5. The number of ether oxygens (including phenoxy) is 1. The van der Waals surface area contributed by atoms with Crippen LogP contribution in [0.2, 0.25) is 0 Å². The van der Waals surface area contributed by atoms with Crippen molar-refractivity contribution in [2.45, 2.75) is 65.6 Å². The summed E-state index contributed by atoms with van der Waals surface area (Å²) in [5.74, 6) is -1.72. The Morgan fingerprint density at radius 1 is 1.19 bits per heavy atom. The second-order valence-electron chi connectivity index (χ2n) is 9.45. The van der Waals surface area contributed by atoms with Crippen LogP contribution in [0.3, 0.4) is 0 Å². The van der Waals surface area contributed by atoms with Gasteiger partial charge >= 0.3 is 6.09 Å². The molecule has 198 valence electrons. The van der Waals surface area contributed by atoms with E-state index in [0.29, 0.717) is 23.5 Å². The van der Waals surface area contributed by atoms with Gasteiger partial charge in [0.25, 0.3) is 5.91 Å². The van der Waals surface area contributed by atoms with Crippen molar-refractivity contribution in [1.29, 1.82) is 0 Å². The molecular formula is C24H32FN9O3. The van der Waals surface area contributed by atoms with Crippen molar-refractivity contribution in [2.75, 3.05) is 10.6 Å². The third-order valence-corrected chi connectivity index (χ3v) is 5.31. The van der Waals surface area contributed by atoms with Gasteiger partial charge in [0.1, 0.15) is 17.1 Å². The van der Waals surface area contributed by atoms with Gasteiger partial charge in [0.15, 0.2) is 11.6 Å². The second-order valence-corrected chi connectivity index (χ2v) is 9.45. The smallest absolute Gasteiger partial charge is 0.407 e. The molecule has 0 saturated heterocycles. The van der Waals surface area contributed by atoms with Crippen LogP contribution in [0.4, 0.5) is 26.5 Å². The maximum atomic E-state index is 15.0. The molecule has 3 rings (SSSR count). The van der Waals surface area contributed by atoms with E-state index in [0.717, 1.165) is 6.07 Å². The molecule has 0 unspecified atom stereocenters. The Balaban J connectivity index is 1.87. The zero-order chi connectivity index (χ0) is 27.3. The number of aromatic nitrogens is 5. The van der Waals surface area contributed by atoms with Crippen molar-refractivity contribution in [3.05, 3.63) is 47.8 Å². The summed E-state index contributed by atoms with van der Waals surface area (Å²) in [7, 11) is 0. The number of halogens is 1. The van der Waals surface area contributed by atoms with Gasteiger partial charge in [-0.1, -0.05) is 6.92 Å². The average Bonchev–Trinajstić information content (AvgIpc) is 3.33. The molecule has 5 N–H and O–H groups in total. The van der Waals surface area contributed by atoms with Crippen LogP contribution >= 0.6 is 0 Å². The number of hydrogen-bond acceptors (Lipinski definition) is 9. The highest BCUT2D eigenvalue weighted by molar-refractivity contribution is 5.98. The summed E-state index contributed by atoms with van der Waals surface area (Å²) < 4.78 is 20.3. The molecule has 3 heterocycles. The number of nitrogens with one attached hydrogen (secondary N) is 3. The van der Waals surface area contributed by atoms with E-state index in [1.54, 1.807) is 40.7 Å². The van der Waals surface area contributed by atoms with Gasteiger partial charge in [-0.05, 0) is 53.2 Å². The van der Waals surface area contributed by atoms with Crippen molar-refractivity contribution in [2.24, 2.45) is 5.73 Å². The largest absolute Gasteiger partial charge is 0.444 e. The average molecular weight is 514 g/mol. The van der Waals surface area contributed by atoms with Crippen LogP contribution in [0.15, 0.2) is 30.7 Å². The Bertz CT molecular complexity index is 1260. The third-order valence-electron chi connectivity index (χ3n) is 5.31. The van der Waals surface area contributed by atoms with Gasteiger partial charge in [-0.25, -0.2) is 14.2 Å². The molecule has 37 heavy (non-hydrogen) atoms. The van der Waals surface area contributed by atoms with Crippen LogP contribution in [-0.2, 0) is 4.74 Å². The quantitative estimate of drug-likeness (QED) is 0.336. The highest BCUT2D eigenvalue weighted by Gasteiger charge is 2.24. The number of carbonyl (C=O) groups is 2. The fraction of sp³-hybridized carbons (Fsp3) is 0.417. The maximum absolute atomic E-state index is 15.0. The minimum atomic E-state index is -0.860. The SMILES string of the molecule is CC[C@@H](Nc1nc(Nc2cnc(C)c(-n3nccn3)c2)c(C(N)=O)cc1F)[C@H](C)NC(=O)OC(C)(C)C. The molecule has 0 aliphatic carbocycles. The molecule has 3 aromatic rings. The summed E-state index contributed by atoms with van der Waals surface area (Å²) in [4.78, 5) is 34.3. The maximum Gasteiger partial charge on any atom is 0.407 e. The van der Waals surface area contributed by atoms with Gasteiger partial charge in [0, 0.05) is 12.1 Å². The molecule has 0 bridgehead atoms. The fourth-order valence-corrected chi connectivity index (χ4v) is 3.49. The molecule has 2 amide bonds. The van der Waals surface area contributed by atoms with Gasteiger partial charge in [0.05, 0.1) is 35.5 Å². The van der Waals surface area contributed by atoms with E-state index in [9.17, 15) is 14.0 Å². The van der Waals surface area contributed by atoms with Crippen molar-refractivity contribution >= 4 is 29.3 Å². The first-order valence-electron chi connectivity index (χ1n) is 11.7. The summed E-state index contributed by atoms with van der Waals surface area (Å²) in [5.41, 5.74) is 6.42. The molecular weight excluding hydrogens is 481 g/mol. The number of alkyl carbamates (subject to hydrolysis) is 1. The number of nitrogens with two attached hydrogens (primary N) is 1. The topological polar surface area (TPSA) is 162 Å². The molecule has 0 radical (unpaired) electrons. The minimum Gasteiger partial charge on any atom is -0.444 e. The lowest BCUT2D eigenvalue weighted by atomic mass is 10.1. The van der Waals surface area contributed by atoms with Crippen molar-refractivity contribution in [1.82, 2.24) is 30.3 Å². The Hall–Kier alpha value is -4.29. The first-order chi connectivity index (χ1) is 17.4. The predicted molar refractivity (Wildman–Crippen MR) is 136 cm³/mol. The van der Waals surface area contributed by atoms with Crippen LogP contribution < -0.4 is 21.7 Å². The van der Waals surface area contributed by atoms with Gasteiger partial charge in [-0.3, -0.25) is 9.78 Å². The number of aryl methyl sites for hydroxylation is 1. The first-order valence-corrected chi connectivity index (χ1v) is 11.7. The number of amides is 2. The van der Waals surface area contributed by atoms with Crippen molar-refractivity contribution < 1.29 is 18.7 Å². The summed E-state index contributed by atoms with van der Waals surface area (Å²) in [5, 5.41) is 17.0. The molecule has 0 aliphatic heterocycles. The Kier molecular flexibility index (Phi) is 8.25. The number of hydrogen-bond donors (Lipinski definition) is 4. The highest BCUT2D eigenvalue weighted by Crippen LogP contribution is 2.26. The van der Waals surface area contributed by atoms with Gasteiger partial charge < -0.3 is 26.4 Å². The van der Waals surface area contributed by atoms with E-state index in [4.69, 9.17) is 10.5 Å². The molecule has 13 heteroatoms. The molecule has 3 aromatic heterocycles. The summed E-state index contributed by atoms with van der Waals surface area (Å²) in [6.07, 6.45) is 4.54. The number of pyridine rings is 2. The molecule has 12 nitrogen and oxygen atoms in total. The summed E-state index contributed by atoms with van der Waals surface area (Å²) >= 11 is 0. The number of anilines is 3. The van der Waals surface area contributed by atoms with Gasteiger partial charge in [-0.2, -0.15) is 10.2 Å². The standard InChI is InChI=1S/C24H32FN9O3/c1-7-18(13(2)30-23(36)37-24(4,5)6)32-22-17(25)11-16(20(26)35)21(33-22)31-15-10-19(14(3)27-12-15)34-28-8-9-29-34/h8-13,18H,7H2,1-6H3,(H2,26,35)(H,30,36)(H2,31,32,33)/t13-,18+/m0/s1. The first kappa shape index (κ1) is 27.3. The third kappa shape index (κ3) is 7.12. The summed E-state index contributed by atoms with van der Waals surface area (Å²) in [6, 6.07) is 1.89. The van der Waals surface area contributed by atoms with Crippen LogP contribution in [0.25, 0.3) is 5.69 Å². The number of primary amides is 1. The van der Waals surface area contributed by atoms with Crippen molar-refractivity contribution in [3.63, 3.8) is 0 Å². The Morgan fingerprint density at radius 2 is 1.86 bits per heavy atom. The van der Waals surface area contributed by atoms with Gasteiger partial charge in [-0.15, -0.1) is 4.80 Å². The number of carbonyl (C=O) groups excluding carboxylic acids is 2. The zero-order valence-electron chi connectivity index (χ0n) is 21.7. The highest BCUT2D eigenvalue weighted by atomic mass is 19.1. The van der Waals surface area contributed by atoms with E-state index in [1.165, 1.54) is 23.4 Å². The molecule has 0 aromatic carbocycles. The monoisotopic (exact) mass is 513 g/mol.